The van der Waals surface area contributed by atoms with Gasteiger partial charge >= 0.3 is 0 Å². The highest BCUT2D eigenvalue weighted by Crippen LogP contribution is 2.32. The summed E-state index contributed by atoms with van der Waals surface area (Å²) in [5.74, 6) is 0.722. The fourth-order valence-corrected chi connectivity index (χ4v) is 6.40. The van der Waals surface area contributed by atoms with Crippen molar-refractivity contribution in [1.29, 1.82) is 0 Å². The number of nitrogens with zero attached hydrogens (tertiary/aromatic N) is 4. The summed E-state index contributed by atoms with van der Waals surface area (Å²) >= 11 is 7.46. The number of carbonyl (C=O) groups is 2. The van der Waals surface area contributed by atoms with Gasteiger partial charge < -0.3 is 14.5 Å². The minimum absolute atomic E-state index is 0.0103. The maximum atomic E-state index is 13.8. The number of ketones is 1. The lowest BCUT2D eigenvalue weighted by atomic mass is 9.89. The normalized spacial score (nSPS) is 17.8. The van der Waals surface area contributed by atoms with Crippen LogP contribution in [0.2, 0.25) is 5.02 Å². The zero-order chi connectivity index (χ0) is 30.0. The predicted molar refractivity (Wildman–Crippen MR) is 166 cm³/mol. The largest absolute Gasteiger partial charge is 0.484 e. The number of benzene rings is 2. The summed E-state index contributed by atoms with van der Waals surface area (Å²) in [5.41, 5.74) is 2.58. The van der Waals surface area contributed by atoms with Gasteiger partial charge in [-0.3, -0.25) is 19.0 Å². The van der Waals surface area contributed by atoms with Gasteiger partial charge in [-0.2, -0.15) is 0 Å². The Hall–Kier alpha value is -3.53. The van der Waals surface area contributed by atoms with Crippen LogP contribution in [0.3, 0.4) is 0 Å². The van der Waals surface area contributed by atoms with Crippen LogP contribution in [0.15, 0.2) is 69.6 Å². The van der Waals surface area contributed by atoms with E-state index in [4.69, 9.17) is 21.3 Å². The van der Waals surface area contributed by atoms with Crippen molar-refractivity contribution in [2.75, 3.05) is 39.8 Å². The van der Waals surface area contributed by atoms with Gasteiger partial charge in [0.15, 0.2) is 17.2 Å². The van der Waals surface area contributed by atoms with Crippen LogP contribution in [0, 0.1) is 5.92 Å². The Bertz CT molecular complexity index is 1680. The smallest absolute Gasteiger partial charge is 0.271 e. The third-order valence-corrected chi connectivity index (χ3v) is 8.73. The van der Waals surface area contributed by atoms with E-state index in [0.717, 1.165) is 24.2 Å². The fraction of sp³-hybridized carbons (Fsp3) is 0.375. The summed E-state index contributed by atoms with van der Waals surface area (Å²) in [5, 5.41) is 0.582. The van der Waals surface area contributed by atoms with E-state index < -0.39 is 6.04 Å². The number of fused-ring (bicyclic) bond motifs is 1. The number of hydrogen-bond donors (Lipinski definition) is 0. The Morgan fingerprint density at radius 1 is 1.07 bits per heavy atom. The number of piperazine rings is 1. The minimum Gasteiger partial charge on any atom is -0.484 e. The number of likely N-dealkylation sites (N-methyl/N-ethyl adjacent to an activating group) is 1. The molecule has 10 heteroatoms. The van der Waals surface area contributed by atoms with Crippen LogP contribution in [0.4, 0.5) is 0 Å². The number of thiazole rings is 1. The standard InChI is InChI=1S/C32H35ClN4O4S/c1-20(2)17-26(38)29-21(3)34-32-37(30(29)23-7-9-24(33)10-8-23)31(40)27(42-32)18-22-5-11-25(12-6-22)41-19-28(39)36-15-13-35(4)14-16-36/h5-12,18,20,30H,13-17,19H2,1-4H3/b27-18-. The summed E-state index contributed by atoms with van der Waals surface area (Å²) in [6.45, 7) is 8.97. The zero-order valence-electron chi connectivity index (χ0n) is 24.3. The molecule has 0 aliphatic carbocycles. The van der Waals surface area contributed by atoms with Crippen molar-refractivity contribution in [3.63, 3.8) is 0 Å². The van der Waals surface area contributed by atoms with E-state index in [1.807, 2.05) is 63.1 Å². The lowest BCUT2D eigenvalue weighted by Crippen LogP contribution is -2.48. The lowest BCUT2D eigenvalue weighted by molar-refractivity contribution is -0.134. The Labute approximate surface area is 254 Å². The van der Waals surface area contributed by atoms with Crippen LogP contribution in [-0.2, 0) is 9.59 Å². The molecular formula is C32H35ClN4O4S. The fourth-order valence-electron chi connectivity index (χ4n) is 5.22. The molecule has 220 valence electrons. The first-order valence-electron chi connectivity index (χ1n) is 14.1. The van der Waals surface area contributed by atoms with Crippen LogP contribution >= 0.6 is 22.9 Å². The molecule has 1 fully saturated rings. The van der Waals surface area contributed by atoms with E-state index in [1.165, 1.54) is 11.3 Å². The van der Waals surface area contributed by atoms with Crippen molar-refractivity contribution in [1.82, 2.24) is 14.4 Å². The molecule has 1 atom stereocenters. The van der Waals surface area contributed by atoms with E-state index in [9.17, 15) is 14.4 Å². The number of halogens is 1. The molecule has 2 aliphatic rings. The van der Waals surface area contributed by atoms with Crippen LogP contribution in [0.5, 0.6) is 5.75 Å². The van der Waals surface area contributed by atoms with Crippen molar-refractivity contribution in [2.45, 2.75) is 33.2 Å². The Kier molecular flexibility index (Phi) is 9.11. The van der Waals surface area contributed by atoms with E-state index in [0.29, 0.717) is 50.9 Å². The molecule has 8 nitrogen and oxygen atoms in total. The maximum absolute atomic E-state index is 13.8. The van der Waals surface area contributed by atoms with Gasteiger partial charge in [-0.15, -0.1) is 0 Å². The molecule has 1 aromatic heterocycles. The van der Waals surface area contributed by atoms with Gasteiger partial charge in [0, 0.05) is 48.9 Å². The van der Waals surface area contributed by atoms with Gasteiger partial charge in [-0.05, 0) is 61.4 Å². The van der Waals surface area contributed by atoms with Crippen LogP contribution < -0.4 is 19.6 Å². The Morgan fingerprint density at radius 3 is 2.38 bits per heavy atom. The summed E-state index contributed by atoms with van der Waals surface area (Å²) < 4.78 is 7.88. The summed E-state index contributed by atoms with van der Waals surface area (Å²) in [7, 11) is 2.05. The molecule has 0 radical (unpaired) electrons. The van der Waals surface area contributed by atoms with Gasteiger partial charge in [0.1, 0.15) is 5.75 Å². The number of carbonyl (C=O) groups excluding carboxylic acids is 2. The molecule has 0 saturated carbocycles. The molecule has 0 N–H and O–H groups in total. The second kappa shape index (κ2) is 12.8. The predicted octanol–water partition coefficient (Wildman–Crippen LogP) is 3.66. The molecule has 1 unspecified atom stereocenters. The average molecular weight is 607 g/mol. The lowest BCUT2D eigenvalue weighted by Gasteiger charge is -2.32. The van der Waals surface area contributed by atoms with Gasteiger partial charge in [0.25, 0.3) is 11.5 Å². The Morgan fingerprint density at radius 2 is 1.74 bits per heavy atom. The molecule has 5 rings (SSSR count). The van der Waals surface area contributed by atoms with E-state index in [2.05, 4.69) is 4.90 Å². The number of allylic oxidation sites excluding steroid dienone is 2. The van der Waals surface area contributed by atoms with E-state index >= 15 is 0 Å². The monoisotopic (exact) mass is 606 g/mol. The Balaban J connectivity index is 1.41. The third-order valence-electron chi connectivity index (χ3n) is 7.50. The topological polar surface area (TPSA) is 84.2 Å². The molecule has 2 aliphatic heterocycles. The highest BCUT2D eigenvalue weighted by molar-refractivity contribution is 7.07. The molecule has 1 amide bonds. The first kappa shape index (κ1) is 29.9. The highest BCUT2D eigenvalue weighted by atomic mass is 35.5. The second-order valence-electron chi connectivity index (χ2n) is 11.2. The molecule has 2 aromatic carbocycles. The summed E-state index contributed by atoms with van der Waals surface area (Å²) in [6.07, 6.45) is 2.19. The molecule has 3 heterocycles. The number of aromatic nitrogens is 1. The van der Waals surface area contributed by atoms with Crippen molar-refractivity contribution in [3.05, 3.63) is 95.6 Å². The van der Waals surface area contributed by atoms with E-state index in [1.54, 1.807) is 28.8 Å². The van der Waals surface area contributed by atoms with Gasteiger partial charge in [-0.1, -0.05) is 61.1 Å². The molecule has 1 saturated heterocycles. The number of hydrogen-bond acceptors (Lipinski definition) is 7. The van der Waals surface area contributed by atoms with Crippen molar-refractivity contribution < 1.29 is 14.3 Å². The average Bonchev–Trinajstić information content (AvgIpc) is 3.26. The van der Waals surface area contributed by atoms with E-state index in [-0.39, 0.29) is 29.8 Å². The molecular weight excluding hydrogens is 572 g/mol. The van der Waals surface area contributed by atoms with Gasteiger partial charge in [0.05, 0.1) is 10.6 Å². The SMILES string of the molecule is CC1=C(C(=O)CC(C)C)C(c2ccc(Cl)cc2)n2c(s/c(=C\c3ccc(OCC(=O)N4CCN(C)CC4)cc3)c2=O)=N1. The first-order chi connectivity index (χ1) is 20.1. The number of ether oxygens (including phenoxy) is 1. The van der Waals surface area contributed by atoms with Crippen molar-refractivity contribution >= 4 is 40.7 Å². The quantitative estimate of drug-likeness (QED) is 0.391. The van der Waals surface area contributed by atoms with Crippen LogP contribution in [0.25, 0.3) is 6.08 Å². The number of rotatable bonds is 8. The minimum atomic E-state index is -0.583. The van der Waals surface area contributed by atoms with Crippen molar-refractivity contribution in [2.24, 2.45) is 10.9 Å². The van der Waals surface area contributed by atoms with Gasteiger partial charge in [-0.25, -0.2) is 4.99 Å². The third kappa shape index (κ3) is 6.59. The van der Waals surface area contributed by atoms with Crippen molar-refractivity contribution in [3.8, 4) is 5.75 Å². The summed E-state index contributed by atoms with van der Waals surface area (Å²) in [6, 6.07) is 14.0. The maximum Gasteiger partial charge on any atom is 0.271 e. The van der Waals surface area contributed by atoms with Crippen LogP contribution in [-0.4, -0.2) is 65.9 Å². The molecule has 0 bridgehead atoms. The van der Waals surface area contributed by atoms with Crippen LogP contribution in [0.1, 0.15) is 44.4 Å². The molecule has 0 spiro atoms. The molecule has 3 aromatic rings. The van der Waals surface area contributed by atoms with Gasteiger partial charge in [0.2, 0.25) is 0 Å². The highest BCUT2D eigenvalue weighted by Gasteiger charge is 2.32. The zero-order valence-corrected chi connectivity index (χ0v) is 25.9. The first-order valence-corrected chi connectivity index (χ1v) is 15.3. The number of Topliss-reactive ketones (excluding diaryl/α,β-unsaturated/α-hetero) is 1. The number of amides is 1. The summed E-state index contributed by atoms with van der Waals surface area (Å²) in [4.78, 5) is 49.0. The molecule has 42 heavy (non-hydrogen) atoms. The second-order valence-corrected chi connectivity index (χ2v) is 12.6.